The molecule has 0 saturated carbocycles. The normalized spacial score (nSPS) is 18.1. The van der Waals surface area contributed by atoms with Gasteiger partial charge in [0.15, 0.2) is 0 Å². The molecule has 0 bridgehead atoms. The van der Waals surface area contributed by atoms with E-state index in [2.05, 4.69) is 4.98 Å². The van der Waals surface area contributed by atoms with Gasteiger partial charge in [-0.25, -0.2) is 0 Å². The number of carboxylic acids is 1. The number of carbonyl (C=O) groups excluding carboxylic acids is 1. The number of aliphatic carboxylic acids is 1. The molecule has 1 saturated heterocycles. The molecular formula is C16H16N2O3. The molecule has 1 aliphatic heterocycles. The second-order valence-corrected chi connectivity index (χ2v) is 5.27. The van der Waals surface area contributed by atoms with E-state index in [0.717, 1.165) is 23.7 Å². The Balaban J connectivity index is 1.95. The maximum atomic E-state index is 12.8. The van der Waals surface area contributed by atoms with Gasteiger partial charge in [-0.3, -0.25) is 14.6 Å². The molecular weight excluding hydrogens is 268 g/mol. The number of benzene rings is 1. The maximum Gasteiger partial charge on any atom is 0.305 e. The van der Waals surface area contributed by atoms with Crippen LogP contribution < -0.4 is 0 Å². The molecule has 0 radical (unpaired) electrons. The standard InChI is InChI=1S/C16H16N2O3/c19-15(20)10-11-4-3-9-18(11)16(21)13-7-8-17-14-6-2-1-5-12(13)14/h1-2,5-8,11H,3-4,9-10H2,(H,19,20). The lowest BCUT2D eigenvalue weighted by atomic mass is 10.1. The lowest BCUT2D eigenvalue weighted by molar-refractivity contribution is -0.137. The third-order valence-electron chi connectivity index (χ3n) is 3.93. The monoisotopic (exact) mass is 284 g/mol. The van der Waals surface area contributed by atoms with Gasteiger partial charge >= 0.3 is 5.97 Å². The summed E-state index contributed by atoms with van der Waals surface area (Å²) in [6.07, 6.45) is 3.24. The average molecular weight is 284 g/mol. The lowest BCUT2D eigenvalue weighted by Crippen LogP contribution is -2.36. The molecule has 1 aliphatic rings. The summed E-state index contributed by atoms with van der Waals surface area (Å²) in [5.41, 5.74) is 1.37. The molecule has 0 spiro atoms. The Morgan fingerprint density at radius 3 is 2.90 bits per heavy atom. The summed E-state index contributed by atoms with van der Waals surface area (Å²) in [7, 11) is 0. The SMILES string of the molecule is O=C(O)CC1CCCN1C(=O)c1ccnc2ccccc12. The van der Waals surface area contributed by atoms with E-state index in [4.69, 9.17) is 5.11 Å². The number of fused-ring (bicyclic) bond motifs is 1. The zero-order valence-electron chi connectivity index (χ0n) is 11.5. The van der Waals surface area contributed by atoms with Gasteiger partial charge in [0.25, 0.3) is 5.91 Å². The summed E-state index contributed by atoms with van der Waals surface area (Å²) in [6.45, 7) is 0.618. The zero-order valence-corrected chi connectivity index (χ0v) is 11.5. The first-order chi connectivity index (χ1) is 10.2. The molecule has 5 nitrogen and oxygen atoms in total. The van der Waals surface area contributed by atoms with Crippen molar-refractivity contribution in [2.24, 2.45) is 0 Å². The van der Waals surface area contributed by atoms with Crippen LogP contribution in [-0.4, -0.2) is 39.5 Å². The molecule has 1 fully saturated rings. The van der Waals surface area contributed by atoms with Crippen LogP contribution in [0.3, 0.4) is 0 Å². The van der Waals surface area contributed by atoms with Crippen molar-refractivity contribution in [3.05, 3.63) is 42.1 Å². The Labute approximate surface area is 122 Å². The summed E-state index contributed by atoms with van der Waals surface area (Å²) < 4.78 is 0. The quantitative estimate of drug-likeness (QED) is 0.939. The average Bonchev–Trinajstić information content (AvgIpc) is 2.93. The number of likely N-dealkylation sites (tertiary alicyclic amines) is 1. The number of pyridine rings is 1. The molecule has 0 aliphatic carbocycles. The number of amides is 1. The first-order valence-electron chi connectivity index (χ1n) is 7.03. The fraction of sp³-hybridized carbons (Fsp3) is 0.312. The summed E-state index contributed by atoms with van der Waals surface area (Å²) in [5, 5.41) is 9.78. The molecule has 21 heavy (non-hydrogen) atoms. The Bertz CT molecular complexity index is 693. The fourth-order valence-corrected chi connectivity index (χ4v) is 2.95. The van der Waals surface area contributed by atoms with E-state index in [1.165, 1.54) is 0 Å². The minimum absolute atomic E-state index is 0.00869. The first-order valence-corrected chi connectivity index (χ1v) is 7.03. The second-order valence-electron chi connectivity index (χ2n) is 5.27. The fourth-order valence-electron chi connectivity index (χ4n) is 2.95. The van der Waals surface area contributed by atoms with Gasteiger partial charge in [0.05, 0.1) is 17.5 Å². The number of carboxylic acid groups (broad SMARTS) is 1. The van der Waals surface area contributed by atoms with Crippen LogP contribution in [0.2, 0.25) is 0 Å². The molecule has 1 unspecified atom stereocenters. The van der Waals surface area contributed by atoms with Crippen molar-refractivity contribution in [2.75, 3.05) is 6.54 Å². The predicted molar refractivity (Wildman–Crippen MR) is 78.1 cm³/mol. The lowest BCUT2D eigenvalue weighted by Gasteiger charge is -2.24. The summed E-state index contributed by atoms with van der Waals surface area (Å²) >= 11 is 0. The van der Waals surface area contributed by atoms with E-state index in [1.54, 1.807) is 17.2 Å². The summed E-state index contributed by atoms with van der Waals surface area (Å²) in [5.74, 6) is -0.961. The van der Waals surface area contributed by atoms with Gasteiger partial charge in [0.1, 0.15) is 0 Å². The van der Waals surface area contributed by atoms with Crippen LogP contribution in [0.15, 0.2) is 36.5 Å². The van der Waals surface area contributed by atoms with Gasteiger partial charge in [0, 0.05) is 24.2 Å². The van der Waals surface area contributed by atoms with Crippen molar-refractivity contribution in [3.8, 4) is 0 Å². The second kappa shape index (κ2) is 5.52. The summed E-state index contributed by atoms with van der Waals surface area (Å²) in [4.78, 5) is 29.6. The number of para-hydroxylation sites is 1. The number of hydrogen-bond acceptors (Lipinski definition) is 3. The molecule has 3 rings (SSSR count). The van der Waals surface area contributed by atoms with E-state index < -0.39 is 5.97 Å². The van der Waals surface area contributed by atoms with Gasteiger partial charge in [-0.05, 0) is 25.0 Å². The van der Waals surface area contributed by atoms with Crippen LogP contribution in [0, 0.1) is 0 Å². The van der Waals surface area contributed by atoms with Gasteiger partial charge in [-0.1, -0.05) is 18.2 Å². The minimum Gasteiger partial charge on any atom is -0.481 e. The van der Waals surface area contributed by atoms with E-state index in [1.807, 2.05) is 24.3 Å². The molecule has 2 heterocycles. The molecule has 5 heteroatoms. The topological polar surface area (TPSA) is 70.5 Å². The maximum absolute atomic E-state index is 12.8. The Morgan fingerprint density at radius 1 is 1.29 bits per heavy atom. The van der Waals surface area contributed by atoms with Crippen LogP contribution >= 0.6 is 0 Å². The van der Waals surface area contributed by atoms with Gasteiger partial charge in [0.2, 0.25) is 0 Å². The van der Waals surface area contributed by atoms with Crippen molar-refractivity contribution in [3.63, 3.8) is 0 Å². The highest BCUT2D eigenvalue weighted by Crippen LogP contribution is 2.25. The number of aromatic nitrogens is 1. The van der Waals surface area contributed by atoms with Gasteiger partial charge in [-0.15, -0.1) is 0 Å². The zero-order chi connectivity index (χ0) is 14.8. The van der Waals surface area contributed by atoms with Crippen LogP contribution in [0.25, 0.3) is 10.9 Å². The van der Waals surface area contributed by atoms with E-state index in [0.29, 0.717) is 12.1 Å². The smallest absolute Gasteiger partial charge is 0.305 e. The minimum atomic E-state index is -0.862. The van der Waals surface area contributed by atoms with Crippen molar-refractivity contribution in [1.29, 1.82) is 0 Å². The first kappa shape index (κ1) is 13.5. The highest BCUT2D eigenvalue weighted by atomic mass is 16.4. The van der Waals surface area contributed by atoms with Crippen LogP contribution in [0.4, 0.5) is 0 Å². The third kappa shape index (κ3) is 2.59. The number of rotatable bonds is 3. The van der Waals surface area contributed by atoms with Crippen molar-refractivity contribution < 1.29 is 14.7 Å². The Kier molecular flexibility index (Phi) is 3.56. The molecule has 1 N–H and O–H groups in total. The molecule has 1 amide bonds. The van der Waals surface area contributed by atoms with Gasteiger partial charge in [-0.2, -0.15) is 0 Å². The van der Waals surface area contributed by atoms with Crippen LogP contribution in [0.5, 0.6) is 0 Å². The van der Waals surface area contributed by atoms with Crippen LogP contribution in [-0.2, 0) is 4.79 Å². The molecule has 2 aromatic rings. The largest absolute Gasteiger partial charge is 0.481 e. The highest BCUT2D eigenvalue weighted by Gasteiger charge is 2.31. The predicted octanol–water partition coefficient (Wildman–Crippen LogP) is 2.31. The molecule has 1 atom stereocenters. The number of hydrogen-bond donors (Lipinski definition) is 1. The summed E-state index contributed by atoms with van der Waals surface area (Å²) in [6, 6.07) is 9.00. The Hall–Kier alpha value is -2.43. The molecule has 1 aromatic carbocycles. The number of nitrogens with zero attached hydrogens (tertiary/aromatic N) is 2. The van der Waals surface area contributed by atoms with E-state index in [9.17, 15) is 9.59 Å². The van der Waals surface area contributed by atoms with E-state index >= 15 is 0 Å². The Morgan fingerprint density at radius 2 is 2.10 bits per heavy atom. The molecule has 1 aromatic heterocycles. The highest BCUT2D eigenvalue weighted by molar-refractivity contribution is 6.06. The van der Waals surface area contributed by atoms with E-state index in [-0.39, 0.29) is 18.4 Å². The van der Waals surface area contributed by atoms with Gasteiger partial charge < -0.3 is 10.0 Å². The third-order valence-corrected chi connectivity index (χ3v) is 3.93. The van der Waals surface area contributed by atoms with Crippen molar-refractivity contribution >= 4 is 22.8 Å². The molecule has 108 valence electrons. The van der Waals surface area contributed by atoms with Crippen LogP contribution in [0.1, 0.15) is 29.6 Å². The van der Waals surface area contributed by atoms with Crippen molar-refractivity contribution in [2.45, 2.75) is 25.3 Å². The van der Waals surface area contributed by atoms with Crippen molar-refractivity contribution in [1.82, 2.24) is 9.88 Å². The number of carbonyl (C=O) groups is 2.